The Morgan fingerprint density at radius 3 is 2.47 bits per heavy atom. The predicted octanol–water partition coefficient (Wildman–Crippen LogP) is 2.02. The first-order chi connectivity index (χ1) is 15.3. The molecule has 0 saturated carbocycles. The summed E-state index contributed by atoms with van der Waals surface area (Å²) in [5.41, 5.74) is 5.97. The van der Waals surface area contributed by atoms with E-state index < -0.39 is 17.7 Å². The molecule has 0 aliphatic heterocycles. The van der Waals surface area contributed by atoms with E-state index in [1.807, 2.05) is 19.0 Å². The zero-order valence-corrected chi connectivity index (χ0v) is 18.3. The van der Waals surface area contributed by atoms with Crippen molar-refractivity contribution in [2.45, 2.75) is 0 Å². The molecule has 4 N–H and O–H groups in total. The number of nitrogens with one attached hydrogen (secondary N) is 2. The fourth-order valence-corrected chi connectivity index (χ4v) is 3.10. The van der Waals surface area contributed by atoms with Crippen LogP contribution < -0.4 is 16.0 Å². The SMILES string of the molecule is CN(C)CCN(C(=O)c1[nH]cnc1C(N)=O)c1ccc(NC(=O)c2ccccc2Cl)nc1. The average molecular weight is 456 g/mol. The number of rotatable bonds is 8. The molecule has 0 bridgehead atoms. The third-order valence-corrected chi connectivity index (χ3v) is 4.85. The van der Waals surface area contributed by atoms with Gasteiger partial charge in [-0.25, -0.2) is 9.97 Å². The summed E-state index contributed by atoms with van der Waals surface area (Å²) in [7, 11) is 3.75. The number of aromatic nitrogens is 3. The van der Waals surface area contributed by atoms with Crippen LogP contribution >= 0.6 is 11.6 Å². The molecule has 3 rings (SSSR count). The van der Waals surface area contributed by atoms with E-state index in [1.165, 1.54) is 17.4 Å². The van der Waals surface area contributed by atoms with Crippen LogP contribution in [0.1, 0.15) is 31.3 Å². The number of hydrogen-bond acceptors (Lipinski definition) is 6. The molecule has 0 radical (unpaired) electrons. The normalized spacial score (nSPS) is 10.8. The minimum atomic E-state index is -0.807. The van der Waals surface area contributed by atoms with Crippen molar-refractivity contribution >= 4 is 40.8 Å². The quantitative estimate of drug-likeness (QED) is 0.475. The third-order valence-electron chi connectivity index (χ3n) is 4.52. The molecule has 11 heteroatoms. The van der Waals surface area contributed by atoms with E-state index in [0.717, 1.165) is 0 Å². The van der Waals surface area contributed by atoms with E-state index in [9.17, 15) is 14.4 Å². The summed E-state index contributed by atoms with van der Waals surface area (Å²) < 4.78 is 0. The Balaban J connectivity index is 1.83. The smallest absolute Gasteiger partial charge is 0.277 e. The number of likely N-dealkylation sites (N-methyl/N-ethyl adjacent to an activating group) is 1. The van der Waals surface area contributed by atoms with E-state index >= 15 is 0 Å². The summed E-state index contributed by atoms with van der Waals surface area (Å²) >= 11 is 6.06. The van der Waals surface area contributed by atoms with Gasteiger partial charge in [0.1, 0.15) is 11.5 Å². The number of halogens is 1. The van der Waals surface area contributed by atoms with Crippen LogP contribution in [-0.4, -0.2) is 64.8 Å². The van der Waals surface area contributed by atoms with Gasteiger partial charge in [-0.05, 0) is 38.4 Å². The number of nitrogens with two attached hydrogens (primary N) is 1. The lowest BCUT2D eigenvalue weighted by molar-refractivity contribution is 0.0954. The lowest BCUT2D eigenvalue weighted by Crippen LogP contribution is -2.38. The molecule has 166 valence electrons. The Hall–Kier alpha value is -3.76. The van der Waals surface area contributed by atoms with Crippen LogP contribution in [0.25, 0.3) is 0 Å². The highest BCUT2D eigenvalue weighted by molar-refractivity contribution is 6.34. The molecule has 0 unspecified atom stereocenters. The second-order valence-corrected chi connectivity index (χ2v) is 7.49. The number of benzene rings is 1. The summed E-state index contributed by atoms with van der Waals surface area (Å²) in [6.45, 7) is 0.868. The highest BCUT2D eigenvalue weighted by Gasteiger charge is 2.25. The number of carbonyl (C=O) groups excluding carboxylic acids is 3. The van der Waals surface area contributed by atoms with Crippen LogP contribution in [0.3, 0.4) is 0 Å². The van der Waals surface area contributed by atoms with Gasteiger partial charge in [0.15, 0.2) is 5.69 Å². The first-order valence-corrected chi connectivity index (χ1v) is 9.97. The van der Waals surface area contributed by atoms with Gasteiger partial charge in [-0.3, -0.25) is 14.4 Å². The summed E-state index contributed by atoms with van der Waals surface area (Å²) in [5, 5.41) is 3.00. The van der Waals surface area contributed by atoms with Crippen molar-refractivity contribution in [2.24, 2.45) is 5.73 Å². The molecule has 3 amide bonds. The van der Waals surface area contributed by atoms with Crippen LogP contribution in [0.15, 0.2) is 48.9 Å². The number of hydrogen-bond donors (Lipinski definition) is 3. The van der Waals surface area contributed by atoms with Crippen molar-refractivity contribution in [3.63, 3.8) is 0 Å². The Morgan fingerprint density at radius 2 is 1.84 bits per heavy atom. The Morgan fingerprint density at radius 1 is 1.09 bits per heavy atom. The standard InChI is InChI=1S/C21H22ClN7O3/c1-28(2)9-10-29(21(32)18-17(19(23)30)25-12-26-18)13-7-8-16(24-11-13)27-20(31)14-5-3-4-6-15(14)22/h3-8,11-12H,9-10H2,1-2H3,(H2,23,30)(H,25,26)(H,24,27,31). The van der Waals surface area contributed by atoms with Crippen LogP contribution in [0.5, 0.6) is 0 Å². The fourth-order valence-electron chi connectivity index (χ4n) is 2.88. The molecular weight excluding hydrogens is 434 g/mol. The minimum Gasteiger partial charge on any atom is -0.364 e. The fraction of sp³-hybridized carbons (Fsp3) is 0.190. The predicted molar refractivity (Wildman–Crippen MR) is 121 cm³/mol. The molecule has 10 nitrogen and oxygen atoms in total. The number of aromatic amines is 1. The van der Waals surface area contributed by atoms with Crippen LogP contribution in [-0.2, 0) is 0 Å². The lowest BCUT2D eigenvalue weighted by Gasteiger charge is -2.24. The maximum Gasteiger partial charge on any atom is 0.277 e. The van der Waals surface area contributed by atoms with Gasteiger partial charge < -0.3 is 25.8 Å². The van der Waals surface area contributed by atoms with Gasteiger partial charge in [-0.1, -0.05) is 23.7 Å². The summed E-state index contributed by atoms with van der Waals surface area (Å²) in [5.74, 6) is -1.40. The number of H-pyrrole nitrogens is 1. The Labute approximate surface area is 189 Å². The first-order valence-electron chi connectivity index (χ1n) is 9.59. The van der Waals surface area contributed by atoms with Gasteiger partial charge in [0.2, 0.25) is 0 Å². The topological polar surface area (TPSA) is 137 Å². The summed E-state index contributed by atoms with van der Waals surface area (Å²) in [6, 6.07) is 9.88. The molecule has 0 saturated heterocycles. The lowest BCUT2D eigenvalue weighted by atomic mass is 10.2. The van der Waals surface area contributed by atoms with Crippen molar-refractivity contribution in [3.8, 4) is 0 Å². The van der Waals surface area contributed by atoms with Crippen molar-refractivity contribution in [1.29, 1.82) is 0 Å². The first kappa shape index (κ1) is 22.9. The molecular formula is C21H22ClN7O3. The summed E-state index contributed by atoms with van der Waals surface area (Å²) in [6.07, 6.45) is 2.69. The number of carbonyl (C=O) groups is 3. The number of anilines is 2. The van der Waals surface area contributed by atoms with Crippen molar-refractivity contribution in [1.82, 2.24) is 19.9 Å². The van der Waals surface area contributed by atoms with Gasteiger partial charge in [0.05, 0.1) is 28.8 Å². The van der Waals surface area contributed by atoms with E-state index in [2.05, 4.69) is 20.3 Å². The number of amides is 3. The van der Waals surface area contributed by atoms with Crippen molar-refractivity contribution in [3.05, 3.63) is 70.9 Å². The molecule has 32 heavy (non-hydrogen) atoms. The highest BCUT2D eigenvalue weighted by Crippen LogP contribution is 2.20. The highest BCUT2D eigenvalue weighted by atomic mass is 35.5. The van der Waals surface area contributed by atoms with Gasteiger partial charge in [0, 0.05) is 13.1 Å². The maximum atomic E-state index is 13.1. The molecule has 0 fully saturated rings. The van der Waals surface area contributed by atoms with Crippen LogP contribution in [0.2, 0.25) is 5.02 Å². The van der Waals surface area contributed by atoms with Gasteiger partial charge >= 0.3 is 0 Å². The molecule has 0 atom stereocenters. The molecule has 0 spiro atoms. The minimum absolute atomic E-state index is 0.00708. The molecule has 3 aromatic rings. The molecule has 1 aromatic carbocycles. The maximum absolute atomic E-state index is 13.1. The Bertz CT molecular complexity index is 1130. The molecule has 0 aliphatic carbocycles. The van der Waals surface area contributed by atoms with E-state index in [-0.39, 0.29) is 17.2 Å². The van der Waals surface area contributed by atoms with E-state index in [0.29, 0.717) is 29.4 Å². The van der Waals surface area contributed by atoms with Crippen molar-refractivity contribution in [2.75, 3.05) is 37.4 Å². The van der Waals surface area contributed by atoms with Gasteiger partial charge in [-0.2, -0.15) is 0 Å². The monoisotopic (exact) mass is 455 g/mol. The molecule has 2 heterocycles. The van der Waals surface area contributed by atoms with Gasteiger partial charge in [0.25, 0.3) is 17.7 Å². The average Bonchev–Trinajstić information content (AvgIpc) is 3.25. The summed E-state index contributed by atoms with van der Waals surface area (Å²) in [4.78, 5) is 51.3. The van der Waals surface area contributed by atoms with E-state index in [4.69, 9.17) is 17.3 Å². The number of nitrogens with zero attached hydrogens (tertiary/aromatic N) is 4. The van der Waals surface area contributed by atoms with Crippen LogP contribution in [0.4, 0.5) is 11.5 Å². The second-order valence-electron chi connectivity index (χ2n) is 7.09. The second kappa shape index (κ2) is 10.0. The number of primary amides is 1. The zero-order valence-electron chi connectivity index (χ0n) is 17.5. The van der Waals surface area contributed by atoms with Gasteiger partial charge in [-0.15, -0.1) is 0 Å². The number of imidazole rings is 1. The third kappa shape index (κ3) is 5.29. The largest absolute Gasteiger partial charge is 0.364 e. The molecule has 0 aliphatic rings. The molecule has 2 aromatic heterocycles. The number of pyridine rings is 1. The van der Waals surface area contributed by atoms with Crippen LogP contribution in [0, 0.1) is 0 Å². The van der Waals surface area contributed by atoms with Crippen molar-refractivity contribution < 1.29 is 14.4 Å². The Kier molecular flexibility index (Phi) is 7.18. The van der Waals surface area contributed by atoms with E-state index in [1.54, 1.807) is 36.4 Å². The zero-order chi connectivity index (χ0) is 23.3.